The molecule has 0 unspecified atom stereocenters. The highest BCUT2D eigenvalue weighted by atomic mass is 32.2. The number of rotatable bonds is 3. The molecule has 0 saturated carbocycles. The van der Waals surface area contributed by atoms with Crippen LogP contribution in [-0.4, -0.2) is 15.2 Å². The second-order valence-corrected chi connectivity index (χ2v) is 6.04. The first-order valence-electron chi connectivity index (χ1n) is 5.93. The van der Waals surface area contributed by atoms with Gasteiger partial charge in [0, 0.05) is 12.1 Å². The van der Waals surface area contributed by atoms with E-state index in [9.17, 15) is 12.8 Å². The lowest BCUT2D eigenvalue weighted by Crippen LogP contribution is -2.14. The van der Waals surface area contributed by atoms with Gasteiger partial charge in [-0.3, -0.25) is 4.72 Å². The van der Waals surface area contributed by atoms with E-state index in [0.717, 1.165) is 12.1 Å². The Morgan fingerprint density at radius 3 is 2.57 bits per heavy atom. The first kappa shape index (κ1) is 13.5. The Labute approximate surface area is 120 Å². The molecule has 0 atom stereocenters. The number of hydrogen-bond acceptors (Lipinski definition) is 5. The fourth-order valence-electron chi connectivity index (χ4n) is 1.88. The topological polar surface area (TPSA) is 90.7 Å². The highest BCUT2D eigenvalue weighted by Gasteiger charge is 2.20. The van der Waals surface area contributed by atoms with E-state index in [1.807, 2.05) is 0 Å². The highest BCUT2D eigenvalue weighted by molar-refractivity contribution is 7.92. The molecule has 3 rings (SSSR count). The number of anilines is 2. The molecule has 1 aliphatic rings. The van der Waals surface area contributed by atoms with Gasteiger partial charge >= 0.3 is 0 Å². The maximum atomic E-state index is 13.1. The van der Waals surface area contributed by atoms with Gasteiger partial charge in [-0.05, 0) is 18.2 Å². The van der Waals surface area contributed by atoms with Gasteiger partial charge in [0.05, 0.1) is 16.3 Å². The Kier molecular flexibility index (Phi) is 3.09. The SMILES string of the molecule is Nc1cc2c(cc1NS(=O)(=O)c1cccc(F)c1)OCO2. The fraction of sp³-hybridized carbons (Fsp3) is 0.0769. The summed E-state index contributed by atoms with van der Waals surface area (Å²) in [5, 5.41) is 0. The summed E-state index contributed by atoms with van der Waals surface area (Å²) in [5.74, 6) is 0.193. The quantitative estimate of drug-likeness (QED) is 0.845. The molecular formula is C13H11FN2O4S. The lowest BCUT2D eigenvalue weighted by Gasteiger charge is -2.11. The van der Waals surface area contributed by atoms with Crippen LogP contribution in [0, 0.1) is 5.82 Å². The van der Waals surface area contributed by atoms with E-state index in [-0.39, 0.29) is 23.1 Å². The van der Waals surface area contributed by atoms with E-state index in [4.69, 9.17) is 15.2 Å². The fourth-order valence-corrected chi connectivity index (χ4v) is 2.99. The van der Waals surface area contributed by atoms with Gasteiger partial charge in [0.2, 0.25) is 6.79 Å². The van der Waals surface area contributed by atoms with Crippen LogP contribution in [0.15, 0.2) is 41.3 Å². The zero-order valence-electron chi connectivity index (χ0n) is 10.7. The molecule has 0 aromatic heterocycles. The molecule has 1 heterocycles. The van der Waals surface area contributed by atoms with Crippen LogP contribution in [0.3, 0.4) is 0 Å². The zero-order chi connectivity index (χ0) is 15.0. The molecule has 3 N–H and O–H groups in total. The van der Waals surface area contributed by atoms with Crippen molar-refractivity contribution >= 4 is 21.4 Å². The molecule has 2 aromatic rings. The standard InChI is InChI=1S/C13H11FN2O4S/c14-8-2-1-3-9(4-8)21(17,18)16-11-6-13-12(5-10(11)15)19-7-20-13/h1-6,16H,7,15H2. The normalized spacial score (nSPS) is 13.2. The summed E-state index contributed by atoms with van der Waals surface area (Å²) >= 11 is 0. The van der Waals surface area contributed by atoms with Crippen molar-refractivity contribution in [3.8, 4) is 11.5 Å². The molecule has 0 radical (unpaired) electrons. The minimum atomic E-state index is -3.94. The molecule has 2 aromatic carbocycles. The van der Waals surface area contributed by atoms with Gasteiger partial charge in [-0.15, -0.1) is 0 Å². The maximum absolute atomic E-state index is 13.1. The van der Waals surface area contributed by atoms with Gasteiger partial charge in [0.1, 0.15) is 5.82 Å². The largest absolute Gasteiger partial charge is 0.454 e. The van der Waals surface area contributed by atoms with Crippen molar-refractivity contribution in [3.63, 3.8) is 0 Å². The Morgan fingerprint density at radius 2 is 1.86 bits per heavy atom. The number of nitrogen functional groups attached to an aromatic ring is 1. The van der Waals surface area contributed by atoms with E-state index >= 15 is 0 Å². The summed E-state index contributed by atoms with van der Waals surface area (Å²) in [6, 6.07) is 7.57. The lowest BCUT2D eigenvalue weighted by molar-refractivity contribution is 0.174. The summed E-state index contributed by atoms with van der Waals surface area (Å²) in [5.41, 5.74) is 6.09. The van der Waals surface area contributed by atoms with Crippen LogP contribution in [0.5, 0.6) is 11.5 Å². The van der Waals surface area contributed by atoms with Crippen molar-refractivity contribution in [3.05, 3.63) is 42.2 Å². The van der Waals surface area contributed by atoms with Crippen molar-refractivity contribution in [2.24, 2.45) is 0 Å². The first-order chi connectivity index (χ1) is 9.95. The molecule has 8 heteroatoms. The van der Waals surface area contributed by atoms with Gasteiger partial charge in [-0.1, -0.05) is 6.07 Å². The van der Waals surface area contributed by atoms with Gasteiger partial charge in [0.25, 0.3) is 10.0 Å². The summed E-state index contributed by atoms with van der Waals surface area (Å²) < 4.78 is 50.1. The second-order valence-electron chi connectivity index (χ2n) is 4.36. The Hall–Kier alpha value is -2.48. The van der Waals surface area contributed by atoms with Gasteiger partial charge in [-0.25, -0.2) is 12.8 Å². The Balaban J connectivity index is 1.96. The van der Waals surface area contributed by atoms with Crippen LogP contribution in [0.25, 0.3) is 0 Å². The molecule has 1 aliphatic heterocycles. The first-order valence-corrected chi connectivity index (χ1v) is 7.41. The predicted octanol–water partition coefficient (Wildman–Crippen LogP) is 1.94. The third-order valence-corrected chi connectivity index (χ3v) is 4.26. The maximum Gasteiger partial charge on any atom is 0.262 e. The summed E-state index contributed by atoms with van der Waals surface area (Å²) in [6.45, 7) is 0.0505. The molecular weight excluding hydrogens is 299 g/mol. The van der Waals surface area contributed by atoms with Crippen LogP contribution in [0.1, 0.15) is 0 Å². The highest BCUT2D eigenvalue weighted by Crippen LogP contribution is 2.38. The van der Waals surface area contributed by atoms with E-state index < -0.39 is 15.8 Å². The Bertz CT molecular complexity index is 808. The molecule has 0 saturated heterocycles. The minimum absolute atomic E-state index is 0.0505. The number of ether oxygens (including phenoxy) is 2. The lowest BCUT2D eigenvalue weighted by atomic mass is 10.2. The van der Waals surface area contributed by atoms with E-state index in [2.05, 4.69) is 4.72 Å². The molecule has 0 bridgehead atoms. The predicted molar refractivity (Wildman–Crippen MR) is 74.2 cm³/mol. The molecule has 21 heavy (non-hydrogen) atoms. The van der Waals surface area contributed by atoms with E-state index in [0.29, 0.717) is 11.5 Å². The number of nitrogens with two attached hydrogens (primary N) is 1. The third-order valence-electron chi connectivity index (χ3n) is 2.90. The van der Waals surface area contributed by atoms with Gasteiger partial charge < -0.3 is 15.2 Å². The van der Waals surface area contributed by atoms with Crippen molar-refractivity contribution in [1.82, 2.24) is 0 Å². The molecule has 0 aliphatic carbocycles. The summed E-state index contributed by atoms with van der Waals surface area (Å²) in [6.07, 6.45) is 0. The van der Waals surface area contributed by atoms with Gasteiger partial charge in [0.15, 0.2) is 11.5 Å². The zero-order valence-corrected chi connectivity index (χ0v) is 11.5. The number of nitrogens with one attached hydrogen (secondary N) is 1. The number of hydrogen-bond donors (Lipinski definition) is 2. The van der Waals surface area contributed by atoms with Crippen LogP contribution in [-0.2, 0) is 10.0 Å². The minimum Gasteiger partial charge on any atom is -0.454 e. The van der Waals surface area contributed by atoms with Crippen molar-refractivity contribution < 1.29 is 22.3 Å². The second kappa shape index (κ2) is 4.81. The van der Waals surface area contributed by atoms with Crippen molar-refractivity contribution in [2.45, 2.75) is 4.90 Å². The average Bonchev–Trinajstić information content (AvgIpc) is 2.86. The Morgan fingerprint density at radius 1 is 1.14 bits per heavy atom. The molecule has 110 valence electrons. The molecule has 0 spiro atoms. The summed E-state index contributed by atoms with van der Waals surface area (Å²) in [7, 11) is -3.94. The van der Waals surface area contributed by atoms with E-state index in [1.165, 1.54) is 24.3 Å². The van der Waals surface area contributed by atoms with Crippen LogP contribution < -0.4 is 19.9 Å². The number of fused-ring (bicyclic) bond motifs is 1. The smallest absolute Gasteiger partial charge is 0.262 e. The van der Waals surface area contributed by atoms with Crippen molar-refractivity contribution in [1.29, 1.82) is 0 Å². The third kappa shape index (κ3) is 2.57. The van der Waals surface area contributed by atoms with Crippen LogP contribution in [0.2, 0.25) is 0 Å². The molecule has 0 fully saturated rings. The number of benzene rings is 2. The average molecular weight is 310 g/mol. The van der Waals surface area contributed by atoms with Gasteiger partial charge in [-0.2, -0.15) is 0 Å². The number of halogens is 1. The molecule has 0 amide bonds. The van der Waals surface area contributed by atoms with Crippen LogP contribution in [0.4, 0.5) is 15.8 Å². The van der Waals surface area contributed by atoms with Crippen LogP contribution >= 0.6 is 0 Å². The van der Waals surface area contributed by atoms with Crippen molar-refractivity contribution in [2.75, 3.05) is 17.2 Å². The monoisotopic (exact) mass is 310 g/mol. The number of sulfonamides is 1. The summed E-state index contributed by atoms with van der Waals surface area (Å²) in [4.78, 5) is -0.195. The van der Waals surface area contributed by atoms with E-state index in [1.54, 1.807) is 0 Å². The molecule has 6 nitrogen and oxygen atoms in total.